The molecule has 0 amide bonds. The number of nitrogens with zero attached hydrogens (tertiary/aromatic N) is 2. The first-order valence-electron chi connectivity index (χ1n) is 8.06. The maximum Gasteiger partial charge on any atom is 0.422 e. The Morgan fingerprint density at radius 3 is 2.58 bits per heavy atom. The minimum absolute atomic E-state index is 0.0600. The number of halogens is 3. The molecule has 9 heteroatoms. The van der Waals surface area contributed by atoms with Crippen molar-refractivity contribution in [3.8, 4) is 5.88 Å². The minimum Gasteiger partial charge on any atom is -0.468 e. The fourth-order valence-electron chi connectivity index (χ4n) is 2.08. The van der Waals surface area contributed by atoms with E-state index in [0.717, 1.165) is 12.0 Å². The number of aromatic nitrogens is 1. The van der Waals surface area contributed by atoms with Gasteiger partial charge >= 0.3 is 6.18 Å². The Morgan fingerprint density at radius 2 is 1.92 bits per heavy atom. The molecule has 0 radical (unpaired) electrons. The van der Waals surface area contributed by atoms with Crippen molar-refractivity contribution in [2.45, 2.75) is 32.6 Å². The SMILES string of the molecule is CCc1ccc(CNC(=NC)NCc2ccnc(OCC(F)(F)F)c2)s1. The number of ether oxygens (including phenoxy) is 1. The number of nitrogens with one attached hydrogen (secondary N) is 2. The predicted molar refractivity (Wildman–Crippen MR) is 96.5 cm³/mol. The summed E-state index contributed by atoms with van der Waals surface area (Å²) < 4.78 is 41.3. The molecule has 0 fully saturated rings. The Labute approximate surface area is 154 Å². The molecule has 0 saturated heterocycles. The van der Waals surface area contributed by atoms with Crippen LogP contribution in [0.2, 0.25) is 0 Å². The molecular weight excluding hydrogens is 365 g/mol. The first-order valence-corrected chi connectivity index (χ1v) is 8.88. The Balaban J connectivity index is 1.84. The van der Waals surface area contributed by atoms with Gasteiger partial charge in [-0.05, 0) is 30.2 Å². The predicted octanol–water partition coefficient (Wildman–Crippen LogP) is 3.51. The van der Waals surface area contributed by atoms with Crippen LogP contribution in [-0.4, -0.2) is 30.8 Å². The van der Waals surface area contributed by atoms with E-state index in [1.54, 1.807) is 24.5 Å². The molecule has 0 atom stereocenters. The number of thiophene rings is 1. The van der Waals surface area contributed by atoms with Gasteiger partial charge in [-0.1, -0.05) is 6.92 Å². The Kier molecular flexibility index (Phi) is 7.26. The fourth-order valence-corrected chi connectivity index (χ4v) is 2.98. The molecule has 0 aliphatic rings. The van der Waals surface area contributed by atoms with Crippen LogP contribution in [-0.2, 0) is 19.5 Å². The van der Waals surface area contributed by atoms with Crippen molar-refractivity contribution < 1.29 is 17.9 Å². The largest absolute Gasteiger partial charge is 0.468 e. The fraction of sp³-hybridized carbons (Fsp3) is 0.412. The van der Waals surface area contributed by atoms with E-state index in [4.69, 9.17) is 0 Å². The second-order valence-electron chi connectivity index (χ2n) is 5.41. The summed E-state index contributed by atoms with van der Waals surface area (Å²) in [6, 6.07) is 7.36. The van der Waals surface area contributed by atoms with E-state index in [9.17, 15) is 13.2 Å². The molecule has 2 aromatic rings. The smallest absolute Gasteiger partial charge is 0.422 e. The topological polar surface area (TPSA) is 58.5 Å². The van der Waals surface area contributed by atoms with E-state index in [2.05, 4.69) is 44.4 Å². The number of hydrogen-bond acceptors (Lipinski definition) is 4. The zero-order valence-corrected chi connectivity index (χ0v) is 15.4. The quantitative estimate of drug-likeness (QED) is 0.565. The molecule has 2 heterocycles. The molecule has 2 aromatic heterocycles. The third-order valence-electron chi connectivity index (χ3n) is 3.36. The van der Waals surface area contributed by atoms with E-state index in [-0.39, 0.29) is 5.88 Å². The van der Waals surface area contributed by atoms with Crippen LogP contribution < -0.4 is 15.4 Å². The molecule has 142 valence electrons. The molecule has 0 aliphatic heterocycles. The normalized spacial score (nSPS) is 12.1. The highest BCUT2D eigenvalue weighted by atomic mass is 32.1. The summed E-state index contributed by atoms with van der Waals surface area (Å²) >= 11 is 1.75. The average molecular weight is 386 g/mol. The minimum atomic E-state index is -4.39. The Morgan fingerprint density at radius 1 is 1.19 bits per heavy atom. The van der Waals surface area contributed by atoms with Gasteiger partial charge in [-0.2, -0.15) is 13.2 Å². The van der Waals surface area contributed by atoms with Gasteiger partial charge in [0.15, 0.2) is 12.6 Å². The summed E-state index contributed by atoms with van der Waals surface area (Å²) in [6.07, 6.45) is -1.96. The van der Waals surface area contributed by atoms with Gasteiger partial charge in [-0.25, -0.2) is 4.98 Å². The Hall–Kier alpha value is -2.29. The summed E-state index contributed by atoms with van der Waals surface area (Å²) in [5, 5.41) is 6.32. The first kappa shape index (κ1) is 20.0. The summed E-state index contributed by atoms with van der Waals surface area (Å²) in [7, 11) is 1.66. The van der Waals surface area contributed by atoms with Gasteiger partial charge in [0.25, 0.3) is 0 Å². The third kappa shape index (κ3) is 6.91. The zero-order valence-electron chi connectivity index (χ0n) is 14.6. The molecule has 0 aromatic carbocycles. The van der Waals surface area contributed by atoms with E-state index < -0.39 is 12.8 Å². The van der Waals surface area contributed by atoms with Crippen LogP contribution >= 0.6 is 11.3 Å². The van der Waals surface area contributed by atoms with Crippen molar-refractivity contribution >= 4 is 17.3 Å². The van der Waals surface area contributed by atoms with E-state index in [1.807, 2.05) is 0 Å². The van der Waals surface area contributed by atoms with Crippen molar-refractivity contribution in [1.29, 1.82) is 0 Å². The van der Waals surface area contributed by atoms with E-state index in [0.29, 0.717) is 19.0 Å². The van der Waals surface area contributed by atoms with E-state index >= 15 is 0 Å². The zero-order chi connectivity index (χ0) is 19.0. The molecule has 0 spiro atoms. The monoisotopic (exact) mass is 386 g/mol. The number of aliphatic imine (C=N–C) groups is 1. The van der Waals surface area contributed by atoms with Crippen LogP contribution in [0.4, 0.5) is 13.2 Å². The second kappa shape index (κ2) is 9.42. The summed E-state index contributed by atoms with van der Waals surface area (Å²) in [5.41, 5.74) is 0.740. The summed E-state index contributed by atoms with van der Waals surface area (Å²) in [5.74, 6) is 0.543. The summed E-state index contributed by atoms with van der Waals surface area (Å²) in [4.78, 5) is 10.5. The Bertz CT molecular complexity index is 731. The van der Waals surface area contributed by atoms with E-state index in [1.165, 1.54) is 22.0 Å². The molecule has 5 nitrogen and oxygen atoms in total. The van der Waals surface area contributed by atoms with Crippen LogP contribution in [0.3, 0.4) is 0 Å². The standard InChI is InChI=1S/C17H21F3N4OS/c1-3-13-4-5-14(26-13)10-24-16(21-2)23-9-12-6-7-22-15(8-12)25-11-17(18,19)20/h4-8H,3,9-11H2,1-2H3,(H2,21,23,24). The van der Waals surface area contributed by atoms with Gasteiger partial charge in [0.05, 0.1) is 6.54 Å². The molecule has 0 saturated carbocycles. The van der Waals surface area contributed by atoms with Gasteiger partial charge in [-0.15, -0.1) is 11.3 Å². The van der Waals surface area contributed by atoms with Crippen LogP contribution in [0.25, 0.3) is 0 Å². The lowest BCUT2D eigenvalue weighted by atomic mass is 10.2. The summed E-state index contributed by atoms with van der Waals surface area (Å²) in [6.45, 7) is 1.79. The highest BCUT2D eigenvalue weighted by molar-refractivity contribution is 7.11. The van der Waals surface area contributed by atoms with Crippen molar-refractivity contribution in [1.82, 2.24) is 15.6 Å². The van der Waals surface area contributed by atoms with Gasteiger partial charge in [0.2, 0.25) is 5.88 Å². The lowest BCUT2D eigenvalue weighted by molar-refractivity contribution is -0.154. The number of alkyl halides is 3. The molecule has 0 unspecified atom stereocenters. The maximum atomic E-state index is 12.2. The van der Waals surface area contributed by atoms with Gasteiger partial charge < -0.3 is 15.4 Å². The van der Waals surface area contributed by atoms with Crippen molar-refractivity contribution in [3.05, 3.63) is 45.8 Å². The third-order valence-corrected chi connectivity index (χ3v) is 4.59. The van der Waals surface area contributed by atoms with Crippen LogP contribution in [0.1, 0.15) is 22.2 Å². The molecule has 0 aliphatic carbocycles. The molecule has 26 heavy (non-hydrogen) atoms. The first-order chi connectivity index (χ1) is 12.4. The average Bonchev–Trinajstić information content (AvgIpc) is 3.08. The molecule has 2 rings (SSSR count). The van der Waals surface area contributed by atoms with Gasteiger partial charge in [-0.3, -0.25) is 4.99 Å². The van der Waals surface area contributed by atoms with Gasteiger partial charge in [0.1, 0.15) is 0 Å². The van der Waals surface area contributed by atoms with Crippen molar-refractivity contribution in [3.63, 3.8) is 0 Å². The van der Waals surface area contributed by atoms with Crippen LogP contribution in [0.15, 0.2) is 35.5 Å². The van der Waals surface area contributed by atoms with Crippen LogP contribution in [0, 0.1) is 0 Å². The van der Waals surface area contributed by atoms with Crippen molar-refractivity contribution in [2.75, 3.05) is 13.7 Å². The number of hydrogen-bond donors (Lipinski definition) is 2. The maximum absolute atomic E-state index is 12.2. The van der Waals surface area contributed by atoms with Crippen molar-refractivity contribution in [2.24, 2.45) is 4.99 Å². The second-order valence-corrected chi connectivity index (χ2v) is 6.66. The van der Waals surface area contributed by atoms with Gasteiger partial charge in [0, 0.05) is 35.6 Å². The number of rotatable bonds is 7. The molecule has 2 N–H and O–H groups in total. The lowest BCUT2D eigenvalue weighted by Gasteiger charge is -2.12. The number of aryl methyl sites for hydroxylation is 1. The lowest BCUT2D eigenvalue weighted by Crippen LogP contribution is -2.36. The molecule has 0 bridgehead atoms. The molecular formula is C17H21F3N4OS. The number of guanidine groups is 1. The highest BCUT2D eigenvalue weighted by Crippen LogP contribution is 2.18. The number of pyridine rings is 1. The van der Waals surface area contributed by atoms with Crippen LogP contribution in [0.5, 0.6) is 5.88 Å². The highest BCUT2D eigenvalue weighted by Gasteiger charge is 2.28.